The zero-order valence-electron chi connectivity index (χ0n) is 11.2. The second kappa shape index (κ2) is 6.73. The average molecular weight is 271 g/mol. The van der Waals surface area contributed by atoms with Crippen LogP contribution in [-0.4, -0.2) is 24.5 Å². The lowest BCUT2D eigenvalue weighted by molar-refractivity contribution is -0.109. The first-order valence-electron chi connectivity index (χ1n) is 6.39. The van der Waals surface area contributed by atoms with Crippen molar-refractivity contribution < 1.29 is 14.6 Å². The summed E-state index contributed by atoms with van der Waals surface area (Å²) in [7, 11) is 1.77. The molecule has 2 rings (SSSR count). The number of hydrogen-bond donors (Lipinski definition) is 2. The highest BCUT2D eigenvalue weighted by atomic mass is 16.5. The summed E-state index contributed by atoms with van der Waals surface area (Å²) in [6.07, 6.45) is 1.56. The number of aldehydes is 1. The Hall–Kier alpha value is -2.33. The Morgan fingerprint density at radius 2 is 1.65 bits per heavy atom. The highest BCUT2D eigenvalue weighted by Gasteiger charge is 2.05. The average Bonchev–Trinajstić information content (AvgIpc) is 2.49. The van der Waals surface area contributed by atoms with E-state index in [1.807, 2.05) is 24.3 Å². The molecule has 1 atom stereocenters. The van der Waals surface area contributed by atoms with Crippen LogP contribution >= 0.6 is 0 Å². The summed E-state index contributed by atoms with van der Waals surface area (Å²) in [5, 5.41) is 12.1. The minimum Gasteiger partial charge on any atom is -0.508 e. The summed E-state index contributed by atoms with van der Waals surface area (Å²) >= 11 is 0. The number of rotatable bonds is 6. The van der Waals surface area contributed by atoms with Gasteiger partial charge in [0.15, 0.2) is 0 Å². The van der Waals surface area contributed by atoms with Crippen molar-refractivity contribution in [3.63, 3.8) is 0 Å². The molecule has 0 radical (unpaired) electrons. The molecule has 0 aliphatic rings. The predicted octanol–water partition coefficient (Wildman–Crippen LogP) is 2.51. The van der Waals surface area contributed by atoms with Gasteiger partial charge in [0.25, 0.3) is 0 Å². The molecule has 104 valence electrons. The lowest BCUT2D eigenvalue weighted by atomic mass is 10.1. The molecule has 0 aliphatic carbocycles. The molecule has 2 aromatic rings. The number of hydrogen-bond acceptors (Lipinski definition) is 4. The molecule has 2 N–H and O–H groups in total. The maximum atomic E-state index is 10.8. The second-order valence-electron chi connectivity index (χ2n) is 4.48. The van der Waals surface area contributed by atoms with Crippen molar-refractivity contribution in [2.24, 2.45) is 0 Å². The second-order valence-corrected chi connectivity index (χ2v) is 4.48. The standard InChI is InChI=1S/C16H17NO3/c1-17-13(11-18)10-12-2-6-15(7-3-12)20-16-8-4-14(19)5-9-16/h2-9,11,13,17,19H,10H2,1H3/t13-/m0/s1. The molecule has 2 aromatic carbocycles. The van der Waals surface area contributed by atoms with Gasteiger partial charge in [0, 0.05) is 0 Å². The van der Waals surface area contributed by atoms with E-state index in [-0.39, 0.29) is 11.8 Å². The van der Waals surface area contributed by atoms with Crippen molar-refractivity contribution >= 4 is 6.29 Å². The van der Waals surface area contributed by atoms with E-state index in [0.717, 1.165) is 11.8 Å². The number of carbonyl (C=O) groups excluding carboxylic acids is 1. The van der Waals surface area contributed by atoms with Gasteiger partial charge in [-0.25, -0.2) is 0 Å². The quantitative estimate of drug-likeness (QED) is 0.793. The summed E-state index contributed by atoms with van der Waals surface area (Å²) in [5.41, 5.74) is 1.06. The van der Waals surface area contributed by atoms with Crippen molar-refractivity contribution in [1.29, 1.82) is 0 Å². The summed E-state index contributed by atoms with van der Waals surface area (Å²) in [6, 6.07) is 14.0. The van der Waals surface area contributed by atoms with Gasteiger partial charge >= 0.3 is 0 Å². The molecule has 0 fully saturated rings. The van der Waals surface area contributed by atoms with Crippen LogP contribution in [0.4, 0.5) is 0 Å². The molecule has 0 unspecified atom stereocenters. The summed E-state index contributed by atoms with van der Waals surface area (Å²) in [5.74, 6) is 1.59. The topological polar surface area (TPSA) is 58.6 Å². The third-order valence-electron chi connectivity index (χ3n) is 2.99. The lowest BCUT2D eigenvalue weighted by Gasteiger charge is -2.10. The zero-order valence-corrected chi connectivity index (χ0v) is 11.2. The van der Waals surface area contributed by atoms with Crippen LogP contribution in [-0.2, 0) is 11.2 Å². The van der Waals surface area contributed by atoms with E-state index in [2.05, 4.69) is 5.32 Å². The first kappa shape index (κ1) is 14.1. The van der Waals surface area contributed by atoms with E-state index in [4.69, 9.17) is 4.74 Å². The lowest BCUT2D eigenvalue weighted by Crippen LogP contribution is -2.28. The molecule has 0 aliphatic heterocycles. The van der Waals surface area contributed by atoms with Gasteiger partial charge in [-0.15, -0.1) is 0 Å². The number of phenols is 1. The third kappa shape index (κ3) is 3.83. The summed E-state index contributed by atoms with van der Waals surface area (Å²) in [4.78, 5) is 10.8. The molecule has 0 bridgehead atoms. The van der Waals surface area contributed by atoms with Crippen LogP contribution in [0.2, 0.25) is 0 Å². The van der Waals surface area contributed by atoms with E-state index in [1.165, 1.54) is 0 Å². The fourth-order valence-corrected chi connectivity index (χ4v) is 1.82. The van der Waals surface area contributed by atoms with Gasteiger partial charge < -0.3 is 20.0 Å². The summed E-state index contributed by atoms with van der Waals surface area (Å²) < 4.78 is 5.65. The van der Waals surface area contributed by atoms with Gasteiger partial charge in [-0.3, -0.25) is 0 Å². The maximum absolute atomic E-state index is 10.8. The van der Waals surface area contributed by atoms with E-state index in [1.54, 1.807) is 31.3 Å². The molecule has 4 nitrogen and oxygen atoms in total. The number of likely N-dealkylation sites (N-methyl/N-ethyl adjacent to an activating group) is 1. The van der Waals surface area contributed by atoms with Gasteiger partial charge in [0.05, 0.1) is 6.04 Å². The largest absolute Gasteiger partial charge is 0.508 e. The van der Waals surface area contributed by atoms with Crippen LogP contribution in [0.15, 0.2) is 48.5 Å². The van der Waals surface area contributed by atoms with E-state index < -0.39 is 0 Å². The Morgan fingerprint density at radius 3 is 2.15 bits per heavy atom. The number of phenolic OH excluding ortho intramolecular Hbond substituents is 1. The van der Waals surface area contributed by atoms with Gasteiger partial charge in [-0.2, -0.15) is 0 Å². The molecule has 0 spiro atoms. The Morgan fingerprint density at radius 1 is 1.10 bits per heavy atom. The number of aromatic hydroxyl groups is 1. The van der Waals surface area contributed by atoms with Crippen LogP contribution in [0.5, 0.6) is 17.2 Å². The van der Waals surface area contributed by atoms with E-state index >= 15 is 0 Å². The molecule has 0 aromatic heterocycles. The van der Waals surface area contributed by atoms with Crippen molar-refractivity contribution in [1.82, 2.24) is 5.32 Å². The molecule has 0 saturated heterocycles. The number of ether oxygens (including phenoxy) is 1. The minimum atomic E-state index is -0.168. The smallest absolute Gasteiger partial charge is 0.137 e. The highest BCUT2D eigenvalue weighted by Crippen LogP contribution is 2.23. The van der Waals surface area contributed by atoms with Crippen LogP contribution in [0.1, 0.15) is 5.56 Å². The molecule has 4 heteroatoms. The van der Waals surface area contributed by atoms with Crippen molar-refractivity contribution in [3.05, 3.63) is 54.1 Å². The molecule has 20 heavy (non-hydrogen) atoms. The zero-order chi connectivity index (χ0) is 14.4. The fraction of sp³-hybridized carbons (Fsp3) is 0.188. The monoisotopic (exact) mass is 271 g/mol. The van der Waals surface area contributed by atoms with Crippen molar-refractivity contribution in [3.8, 4) is 17.2 Å². The van der Waals surface area contributed by atoms with Crippen molar-refractivity contribution in [2.45, 2.75) is 12.5 Å². The Kier molecular flexibility index (Phi) is 4.74. The molecular formula is C16H17NO3. The van der Waals surface area contributed by atoms with E-state index in [9.17, 15) is 9.90 Å². The first-order chi connectivity index (χ1) is 9.71. The molecule has 0 amide bonds. The SMILES string of the molecule is CN[C@H](C=O)Cc1ccc(Oc2ccc(O)cc2)cc1. The molecule has 0 saturated carbocycles. The van der Waals surface area contributed by atoms with Gasteiger partial charge in [0.1, 0.15) is 23.5 Å². The number of benzene rings is 2. The number of nitrogens with one attached hydrogen (secondary N) is 1. The minimum absolute atomic E-state index is 0.168. The van der Waals surface area contributed by atoms with Crippen molar-refractivity contribution in [2.75, 3.05) is 7.05 Å². The summed E-state index contributed by atoms with van der Waals surface area (Å²) in [6.45, 7) is 0. The number of carbonyl (C=O) groups is 1. The Bertz CT molecular complexity index is 549. The van der Waals surface area contributed by atoms with Crippen LogP contribution in [0, 0.1) is 0 Å². The molecular weight excluding hydrogens is 254 g/mol. The fourth-order valence-electron chi connectivity index (χ4n) is 1.82. The van der Waals surface area contributed by atoms with Crippen LogP contribution < -0.4 is 10.1 Å². The Balaban J connectivity index is 2.01. The van der Waals surface area contributed by atoms with Gasteiger partial charge in [0.2, 0.25) is 0 Å². The Labute approximate surface area is 118 Å². The molecule has 0 heterocycles. The van der Waals surface area contributed by atoms with Crippen LogP contribution in [0.25, 0.3) is 0 Å². The first-order valence-corrected chi connectivity index (χ1v) is 6.39. The maximum Gasteiger partial charge on any atom is 0.137 e. The van der Waals surface area contributed by atoms with E-state index in [0.29, 0.717) is 17.9 Å². The van der Waals surface area contributed by atoms with Gasteiger partial charge in [-0.05, 0) is 55.4 Å². The van der Waals surface area contributed by atoms with Crippen LogP contribution in [0.3, 0.4) is 0 Å². The van der Waals surface area contributed by atoms with Gasteiger partial charge in [-0.1, -0.05) is 12.1 Å². The highest BCUT2D eigenvalue weighted by molar-refractivity contribution is 5.58. The predicted molar refractivity (Wildman–Crippen MR) is 77.2 cm³/mol. The third-order valence-corrected chi connectivity index (χ3v) is 2.99. The normalized spacial score (nSPS) is 11.8.